The second kappa shape index (κ2) is 10.3. The zero-order chi connectivity index (χ0) is 24.4. The van der Waals surface area contributed by atoms with Crippen molar-refractivity contribution in [3.05, 3.63) is 34.7 Å². The number of halogens is 2. The average Bonchev–Trinajstić information content (AvgIpc) is 3.49. The van der Waals surface area contributed by atoms with Crippen LogP contribution in [0.1, 0.15) is 68.3 Å². The first-order chi connectivity index (χ1) is 16.2. The van der Waals surface area contributed by atoms with E-state index in [1.165, 1.54) is 12.1 Å². The standard InChI is InChI=1S/C25H29ClFN3O4/c26-18-10-16(27)11-19-17(18)12-20(29-19)23(32)9-15(7-13-5-6-13)25(34)30-21(24(28)33)8-14-3-1-2-4-22(14)31/h10-15,21,29H,1-9H2,(H2,28,33)(H,30,34)/t14-,15+,21-/m0/s1. The van der Waals surface area contributed by atoms with Crippen LogP contribution in [-0.2, 0) is 14.4 Å². The lowest BCUT2D eigenvalue weighted by atomic mass is 9.83. The minimum atomic E-state index is -0.953. The van der Waals surface area contributed by atoms with Crippen LogP contribution in [0.15, 0.2) is 18.2 Å². The molecular weight excluding hydrogens is 461 g/mol. The highest BCUT2D eigenvalue weighted by atomic mass is 35.5. The van der Waals surface area contributed by atoms with Gasteiger partial charge in [-0.15, -0.1) is 0 Å². The number of carbonyl (C=O) groups is 4. The van der Waals surface area contributed by atoms with Crippen molar-refractivity contribution in [2.45, 2.75) is 63.8 Å². The van der Waals surface area contributed by atoms with Gasteiger partial charge in [0.05, 0.1) is 16.2 Å². The van der Waals surface area contributed by atoms with Crippen LogP contribution < -0.4 is 11.1 Å². The Kier molecular flexibility index (Phi) is 7.36. The number of Topliss-reactive ketones (excluding diaryl/α,β-unsaturated/α-hetero) is 2. The summed E-state index contributed by atoms with van der Waals surface area (Å²) in [5, 5.41) is 3.44. The van der Waals surface area contributed by atoms with E-state index >= 15 is 0 Å². The number of fused-ring (bicyclic) bond motifs is 1. The lowest BCUT2D eigenvalue weighted by Gasteiger charge is -2.26. The number of hydrogen-bond acceptors (Lipinski definition) is 4. The monoisotopic (exact) mass is 489 g/mol. The third-order valence-corrected chi connectivity index (χ3v) is 7.24. The zero-order valence-corrected chi connectivity index (χ0v) is 19.6. The molecule has 1 heterocycles. The molecule has 4 N–H and O–H groups in total. The second-order valence-corrected chi connectivity index (χ2v) is 10.1. The van der Waals surface area contributed by atoms with Crippen molar-refractivity contribution in [3.8, 4) is 0 Å². The molecule has 3 atom stereocenters. The average molecular weight is 490 g/mol. The highest BCUT2D eigenvalue weighted by Gasteiger charge is 2.34. The molecule has 1 aromatic heterocycles. The summed E-state index contributed by atoms with van der Waals surface area (Å²) < 4.78 is 13.7. The predicted octanol–water partition coefficient (Wildman–Crippen LogP) is 4.07. The molecule has 2 amide bonds. The number of ketones is 2. The third kappa shape index (κ3) is 5.84. The number of nitrogens with two attached hydrogens (primary N) is 1. The van der Waals surface area contributed by atoms with Crippen LogP contribution in [0.25, 0.3) is 10.9 Å². The number of aromatic nitrogens is 1. The van der Waals surface area contributed by atoms with E-state index in [1.807, 2.05) is 0 Å². The van der Waals surface area contributed by atoms with Crippen LogP contribution in [0.2, 0.25) is 5.02 Å². The van der Waals surface area contributed by atoms with E-state index in [4.69, 9.17) is 17.3 Å². The van der Waals surface area contributed by atoms with Gasteiger partial charge in [-0.3, -0.25) is 19.2 Å². The number of hydrogen-bond donors (Lipinski definition) is 3. The molecule has 7 nitrogen and oxygen atoms in total. The van der Waals surface area contributed by atoms with Crippen molar-refractivity contribution >= 4 is 45.9 Å². The molecule has 0 bridgehead atoms. The maximum absolute atomic E-state index is 13.7. The molecular formula is C25H29ClFN3O4. The molecule has 2 fully saturated rings. The Morgan fingerprint density at radius 1 is 1.15 bits per heavy atom. The van der Waals surface area contributed by atoms with Crippen LogP contribution >= 0.6 is 11.6 Å². The van der Waals surface area contributed by atoms with E-state index in [0.29, 0.717) is 36.1 Å². The highest BCUT2D eigenvalue weighted by molar-refractivity contribution is 6.35. The summed E-state index contributed by atoms with van der Waals surface area (Å²) in [5.74, 6) is -2.37. The quantitative estimate of drug-likeness (QED) is 0.435. The molecule has 0 radical (unpaired) electrons. The van der Waals surface area contributed by atoms with Gasteiger partial charge in [0.1, 0.15) is 17.6 Å². The number of amides is 2. The first-order valence-corrected chi connectivity index (χ1v) is 12.2. The molecule has 34 heavy (non-hydrogen) atoms. The summed E-state index contributed by atoms with van der Waals surface area (Å²) in [7, 11) is 0. The van der Waals surface area contributed by atoms with Gasteiger partial charge >= 0.3 is 0 Å². The van der Waals surface area contributed by atoms with Gasteiger partial charge in [-0.1, -0.05) is 30.9 Å². The third-order valence-electron chi connectivity index (χ3n) is 6.93. The number of nitrogens with one attached hydrogen (secondary N) is 2. The van der Waals surface area contributed by atoms with Crippen molar-refractivity contribution in [2.24, 2.45) is 23.5 Å². The number of benzene rings is 1. The van der Waals surface area contributed by atoms with E-state index in [2.05, 4.69) is 10.3 Å². The molecule has 0 unspecified atom stereocenters. The summed E-state index contributed by atoms with van der Waals surface area (Å²) in [5.41, 5.74) is 6.19. The zero-order valence-electron chi connectivity index (χ0n) is 18.9. The fourth-order valence-electron chi connectivity index (χ4n) is 4.81. The largest absolute Gasteiger partial charge is 0.368 e. The maximum atomic E-state index is 13.7. The smallest absolute Gasteiger partial charge is 0.240 e. The summed E-state index contributed by atoms with van der Waals surface area (Å²) in [6.07, 6.45) is 5.57. The van der Waals surface area contributed by atoms with E-state index < -0.39 is 29.6 Å². The Hall–Kier alpha value is -2.74. The number of rotatable bonds is 10. The molecule has 0 spiro atoms. The Morgan fingerprint density at radius 3 is 2.59 bits per heavy atom. The van der Waals surface area contributed by atoms with Gasteiger partial charge < -0.3 is 16.0 Å². The first kappa shape index (κ1) is 24.4. The SMILES string of the molecule is NC(=O)[C@H](C[C@@H]1CCCCC1=O)NC(=O)[C@@H](CC(=O)c1cc2c(Cl)cc(F)cc2[nH]1)CC1CC1. The molecule has 4 rings (SSSR count). The van der Waals surface area contributed by atoms with Crippen LogP contribution in [-0.4, -0.2) is 34.4 Å². The Bertz CT molecular complexity index is 1130. The summed E-state index contributed by atoms with van der Waals surface area (Å²) in [6, 6.07) is 3.05. The van der Waals surface area contributed by atoms with Gasteiger partial charge in [0.15, 0.2) is 5.78 Å². The molecule has 1 aromatic carbocycles. The fourth-order valence-corrected chi connectivity index (χ4v) is 5.07. The summed E-state index contributed by atoms with van der Waals surface area (Å²) in [4.78, 5) is 53.3. The number of carbonyl (C=O) groups excluding carboxylic acids is 4. The molecule has 2 aliphatic rings. The van der Waals surface area contributed by atoms with Gasteiger partial charge in [-0.2, -0.15) is 0 Å². The van der Waals surface area contributed by atoms with E-state index in [0.717, 1.165) is 25.7 Å². The van der Waals surface area contributed by atoms with E-state index in [-0.39, 0.29) is 41.0 Å². The minimum absolute atomic E-state index is 0.0664. The van der Waals surface area contributed by atoms with E-state index in [1.54, 1.807) is 6.07 Å². The highest BCUT2D eigenvalue weighted by Crippen LogP contribution is 2.37. The van der Waals surface area contributed by atoms with Crippen LogP contribution in [0.4, 0.5) is 4.39 Å². The maximum Gasteiger partial charge on any atom is 0.240 e. The summed E-state index contributed by atoms with van der Waals surface area (Å²) >= 11 is 6.09. The van der Waals surface area contributed by atoms with Crippen molar-refractivity contribution in [2.75, 3.05) is 0 Å². The lowest BCUT2D eigenvalue weighted by Crippen LogP contribution is -2.48. The molecule has 9 heteroatoms. The molecule has 182 valence electrons. The first-order valence-electron chi connectivity index (χ1n) is 11.8. The Balaban J connectivity index is 1.46. The predicted molar refractivity (Wildman–Crippen MR) is 126 cm³/mol. The number of H-pyrrole nitrogens is 1. The normalized spacial score (nSPS) is 20.2. The molecule has 0 aliphatic heterocycles. The Morgan fingerprint density at radius 2 is 1.91 bits per heavy atom. The number of primary amides is 1. The Labute approximate surface area is 202 Å². The van der Waals surface area contributed by atoms with Crippen LogP contribution in [0.5, 0.6) is 0 Å². The van der Waals surface area contributed by atoms with Gasteiger partial charge in [0.2, 0.25) is 11.8 Å². The second-order valence-electron chi connectivity index (χ2n) is 9.64. The van der Waals surface area contributed by atoms with Crippen molar-refractivity contribution in [1.29, 1.82) is 0 Å². The van der Waals surface area contributed by atoms with Crippen molar-refractivity contribution in [1.82, 2.24) is 10.3 Å². The molecule has 2 aromatic rings. The summed E-state index contributed by atoms with van der Waals surface area (Å²) in [6.45, 7) is 0. The van der Waals surface area contributed by atoms with Gasteiger partial charge in [0.25, 0.3) is 0 Å². The van der Waals surface area contributed by atoms with Crippen molar-refractivity contribution < 1.29 is 23.6 Å². The van der Waals surface area contributed by atoms with Crippen molar-refractivity contribution in [3.63, 3.8) is 0 Å². The van der Waals surface area contributed by atoms with E-state index in [9.17, 15) is 23.6 Å². The minimum Gasteiger partial charge on any atom is -0.368 e. The lowest BCUT2D eigenvalue weighted by molar-refractivity contribution is -0.132. The topological polar surface area (TPSA) is 122 Å². The van der Waals surface area contributed by atoms with Gasteiger partial charge in [0, 0.05) is 30.1 Å². The molecule has 2 aliphatic carbocycles. The van der Waals surface area contributed by atoms with Gasteiger partial charge in [-0.25, -0.2) is 4.39 Å². The number of aromatic amines is 1. The molecule has 0 saturated heterocycles. The van der Waals surface area contributed by atoms with Crippen LogP contribution in [0, 0.1) is 23.6 Å². The van der Waals surface area contributed by atoms with Crippen LogP contribution in [0.3, 0.4) is 0 Å². The fraction of sp³-hybridized carbons (Fsp3) is 0.520. The van der Waals surface area contributed by atoms with Gasteiger partial charge in [-0.05, 0) is 49.8 Å². The molecule has 2 saturated carbocycles.